The highest BCUT2D eigenvalue weighted by atomic mass is 19.1. The molecule has 0 aliphatic carbocycles. The lowest BCUT2D eigenvalue weighted by Crippen LogP contribution is -2.43. The summed E-state index contributed by atoms with van der Waals surface area (Å²) in [5, 5.41) is 6.62. The summed E-state index contributed by atoms with van der Waals surface area (Å²) in [5.74, 6) is 0.326. The van der Waals surface area contributed by atoms with Crippen LogP contribution in [0.15, 0.2) is 23.0 Å². The molecule has 5 nitrogen and oxygen atoms in total. The lowest BCUT2D eigenvalue weighted by atomic mass is 9.94. The van der Waals surface area contributed by atoms with Gasteiger partial charge in [0, 0.05) is 0 Å². The largest absolute Gasteiger partial charge is 0.352 e. The van der Waals surface area contributed by atoms with Gasteiger partial charge in [0.05, 0.1) is 17.4 Å². The molecular weight excluding hydrogens is 271 g/mol. The van der Waals surface area contributed by atoms with Gasteiger partial charge in [-0.2, -0.15) is 4.98 Å². The number of halogens is 1. The predicted octanol–water partition coefficient (Wildman–Crippen LogP) is 1.74. The van der Waals surface area contributed by atoms with Crippen LogP contribution in [-0.2, 0) is 0 Å². The number of rotatable bonds is 3. The number of aryl methyl sites for hydroxylation is 1. The Bertz CT molecular complexity index is 706. The van der Waals surface area contributed by atoms with Gasteiger partial charge in [-0.15, -0.1) is 0 Å². The predicted molar refractivity (Wildman–Crippen MR) is 81.5 cm³/mol. The van der Waals surface area contributed by atoms with Gasteiger partial charge in [-0.25, -0.2) is 4.39 Å². The molecule has 0 radical (unpaired) electrons. The number of aromatic nitrogens is 2. The molecular formula is C15H19FN4O. The lowest BCUT2D eigenvalue weighted by Gasteiger charge is -2.30. The van der Waals surface area contributed by atoms with Crippen LogP contribution in [-0.4, -0.2) is 35.3 Å². The zero-order valence-electron chi connectivity index (χ0n) is 12.0. The summed E-state index contributed by atoms with van der Waals surface area (Å²) in [6.45, 7) is 3.45. The number of anilines is 1. The fourth-order valence-corrected chi connectivity index (χ4v) is 2.64. The van der Waals surface area contributed by atoms with Crippen molar-refractivity contribution in [1.82, 2.24) is 15.3 Å². The van der Waals surface area contributed by atoms with Gasteiger partial charge in [-0.1, -0.05) is 11.6 Å². The number of alkyl halides is 1. The van der Waals surface area contributed by atoms with E-state index < -0.39 is 5.67 Å². The Balaban J connectivity index is 1.81. The van der Waals surface area contributed by atoms with Crippen molar-refractivity contribution in [1.29, 1.82) is 0 Å². The van der Waals surface area contributed by atoms with Crippen molar-refractivity contribution in [3.8, 4) is 0 Å². The number of nitrogens with one attached hydrogen (secondary N) is 3. The highest BCUT2D eigenvalue weighted by Crippen LogP contribution is 2.23. The van der Waals surface area contributed by atoms with Crippen molar-refractivity contribution in [3.63, 3.8) is 0 Å². The number of piperidine rings is 1. The van der Waals surface area contributed by atoms with Gasteiger partial charge in [0.1, 0.15) is 5.67 Å². The maximum Gasteiger partial charge on any atom is 0.282 e. The number of hydrogen-bond donors (Lipinski definition) is 3. The van der Waals surface area contributed by atoms with E-state index in [0.29, 0.717) is 42.8 Å². The fraction of sp³-hybridized carbons (Fsp3) is 0.467. The topological polar surface area (TPSA) is 69.8 Å². The molecule has 0 unspecified atom stereocenters. The number of fused-ring (bicyclic) bond motifs is 1. The van der Waals surface area contributed by atoms with Gasteiger partial charge in [-0.3, -0.25) is 4.79 Å². The van der Waals surface area contributed by atoms with E-state index in [4.69, 9.17) is 0 Å². The Morgan fingerprint density at radius 2 is 2.14 bits per heavy atom. The van der Waals surface area contributed by atoms with Gasteiger partial charge in [-0.05, 0) is 45.0 Å². The SMILES string of the molecule is Cc1ccc2[nH]c(NCC3(F)CCNCC3)nc(=O)c2c1. The molecule has 1 fully saturated rings. The Hall–Kier alpha value is -1.95. The normalized spacial score (nSPS) is 17.8. The number of benzene rings is 1. The molecule has 2 heterocycles. The van der Waals surface area contributed by atoms with E-state index in [2.05, 4.69) is 20.6 Å². The van der Waals surface area contributed by atoms with Crippen molar-refractivity contribution in [2.45, 2.75) is 25.4 Å². The molecule has 0 amide bonds. The minimum atomic E-state index is -1.24. The Morgan fingerprint density at radius 1 is 1.38 bits per heavy atom. The second-order valence-electron chi connectivity index (χ2n) is 5.69. The second-order valence-corrected chi connectivity index (χ2v) is 5.69. The van der Waals surface area contributed by atoms with E-state index in [9.17, 15) is 9.18 Å². The van der Waals surface area contributed by atoms with E-state index in [0.717, 1.165) is 5.56 Å². The summed E-state index contributed by atoms with van der Waals surface area (Å²) in [4.78, 5) is 19.0. The van der Waals surface area contributed by atoms with Crippen molar-refractivity contribution >= 4 is 16.9 Å². The number of nitrogens with zero attached hydrogens (tertiary/aromatic N) is 1. The molecule has 0 saturated carbocycles. The van der Waals surface area contributed by atoms with Crippen molar-refractivity contribution in [2.24, 2.45) is 0 Å². The molecule has 1 saturated heterocycles. The highest BCUT2D eigenvalue weighted by molar-refractivity contribution is 5.79. The first kappa shape index (κ1) is 14.0. The average molecular weight is 290 g/mol. The van der Waals surface area contributed by atoms with E-state index >= 15 is 0 Å². The van der Waals surface area contributed by atoms with Crippen LogP contribution >= 0.6 is 0 Å². The average Bonchev–Trinajstić information content (AvgIpc) is 2.47. The lowest BCUT2D eigenvalue weighted by molar-refractivity contribution is 0.131. The van der Waals surface area contributed by atoms with E-state index in [1.807, 2.05) is 19.1 Å². The summed E-state index contributed by atoms with van der Waals surface area (Å²) < 4.78 is 14.5. The van der Waals surface area contributed by atoms with Gasteiger partial charge in [0.15, 0.2) is 0 Å². The van der Waals surface area contributed by atoms with E-state index in [1.165, 1.54) is 0 Å². The zero-order chi connectivity index (χ0) is 14.9. The third-order valence-electron chi connectivity index (χ3n) is 3.94. The first-order valence-electron chi connectivity index (χ1n) is 7.20. The Morgan fingerprint density at radius 3 is 2.90 bits per heavy atom. The van der Waals surface area contributed by atoms with Gasteiger partial charge in [0.2, 0.25) is 5.95 Å². The fourth-order valence-electron chi connectivity index (χ4n) is 2.64. The molecule has 112 valence electrons. The first-order valence-corrected chi connectivity index (χ1v) is 7.20. The third-order valence-corrected chi connectivity index (χ3v) is 3.94. The second kappa shape index (κ2) is 5.44. The molecule has 1 aromatic carbocycles. The van der Waals surface area contributed by atoms with E-state index in [1.54, 1.807) is 6.07 Å². The minimum absolute atomic E-state index is 0.162. The zero-order valence-corrected chi connectivity index (χ0v) is 12.0. The third kappa shape index (κ3) is 3.05. The van der Waals surface area contributed by atoms with Crippen molar-refractivity contribution < 1.29 is 4.39 Å². The van der Waals surface area contributed by atoms with Crippen LogP contribution in [0.4, 0.5) is 10.3 Å². The molecule has 6 heteroatoms. The van der Waals surface area contributed by atoms with Crippen LogP contribution in [0.25, 0.3) is 10.9 Å². The summed E-state index contributed by atoms with van der Waals surface area (Å²) in [6.07, 6.45) is 0.939. The van der Waals surface area contributed by atoms with Crippen LogP contribution in [0.1, 0.15) is 18.4 Å². The molecule has 0 spiro atoms. The van der Waals surface area contributed by atoms with Crippen LogP contribution in [0, 0.1) is 6.92 Å². The summed E-state index contributed by atoms with van der Waals surface area (Å²) in [5.41, 5.74) is 0.175. The van der Waals surface area contributed by atoms with Gasteiger partial charge < -0.3 is 15.6 Å². The van der Waals surface area contributed by atoms with Crippen molar-refractivity contribution in [2.75, 3.05) is 25.0 Å². The Labute approximate surface area is 122 Å². The molecule has 2 aromatic rings. The monoisotopic (exact) mass is 290 g/mol. The minimum Gasteiger partial charge on any atom is -0.352 e. The summed E-state index contributed by atoms with van der Waals surface area (Å²) in [6, 6.07) is 5.56. The molecule has 1 aliphatic heterocycles. The number of H-pyrrole nitrogens is 1. The van der Waals surface area contributed by atoms with Crippen molar-refractivity contribution in [3.05, 3.63) is 34.1 Å². The molecule has 3 N–H and O–H groups in total. The molecule has 0 atom stereocenters. The maximum absolute atomic E-state index is 14.5. The first-order chi connectivity index (χ1) is 10.1. The van der Waals surface area contributed by atoms with Gasteiger partial charge in [0.25, 0.3) is 5.56 Å². The summed E-state index contributed by atoms with van der Waals surface area (Å²) in [7, 11) is 0. The van der Waals surface area contributed by atoms with Gasteiger partial charge >= 0.3 is 0 Å². The van der Waals surface area contributed by atoms with Crippen LogP contribution in [0.5, 0.6) is 0 Å². The van der Waals surface area contributed by atoms with Crippen LogP contribution in [0.3, 0.4) is 0 Å². The number of aromatic amines is 1. The maximum atomic E-state index is 14.5. The Kier molecular flexibility index (Phi) is 3.63. The molecule has 1 aromatic heterocycles. The molecule has 21 heavy (non-hydrogen) atoms. The smallest absolute Gasteiger partial charge is 0.282 e. The van der Waals surface area contributed by atoms with E-state index in [-0.39, 0.29) is 12.1 Å². The quantitative estimate of drug-likeness (QED) is 0.805. The van der Waals surface area contributed by atoms with Crippen LogP contribution < -0.4 is 16.2 Å². The molecule has 3 rings (SSSR count). The molecule has 1 aliphatic rings. The highest BCUT2D eigenvalue weighted by Gasteiger charge is 2.31. The standard InChI is InChI=1S/C15H19FN4O/c1-10-2-3-12-11(8-10)13(21)20-14(19-12)18-9-15(16)4-6-17-7-5-15/h2-3,8,17H,4-7,9H2,1H3,(H2,18,19,20,21). The van der Waals surface area contributed by atoms with Crippen LogP contribution in [0.2, 0.25) is 0 Å². The number of hydrogen-bond acceptors (Lipinski definition) is 4. The molecule has 0 bridgehead atoms. The summed E-state index contributed by atoms with van der Waals surface area (Å²) >= 11 is 0.